The summed E-state index contributed by atoms with van der Waals surface area (Å²) in [5.41, 5.74) is -0.0939. The Balaban J connectivity index is 3.47. The Morgan fingerprint density at radius 3 is 2.27 bits per heavy atom. The Labute approximate surface area is 87.4 Å². The molecule has 82 valence electrons. The third-order valence-electron chi connectivity index (χ3n) is 2.25. The van der Waals surface area contributed by atoms with Crippen LogP contribution >= 0.6 is 0 Å². The van der Waals surface area contributed by atoms with Crippen LogP contribution in [0.4, 0.5) is 13.2 Å². The van der Waals surface area contributed by atoms with Crippen LogP contribution in [-0.2, 0) is 6.18 Å². The van der Waals surface area contributed by atoms with E-state index in [0.29, 0.717) is 5.56 Å². The maximum atomic E-state index is 12.8. The van der Waals surface area contributed by atoms with Crippen molar-refractivity contribution in [3.05, 3.63) is 41.5 Å². The van der Waals surface area contributed by atoms with Crippen LogP contribution in [-0.4, -0.2) is 0 Å². The van der Waals surface area contributed by atoms with Gasteiger partial charge in [0.2, 0.25) is 0 Å². The van der Waals surface area contributed by atoms with Crippen molar-refractivity contribution in [1.29, 1.82) is 0 Å². The number of rotatable bonds is 2. The van der Waals surface area contributed by atoms with Gasteiger partial charge in [-0.15, -0.1) is 0 Å². The minimum absolute atomic E-state index is 0.147. The zero-order valence-electron chi connectivity index (χ0n) is 8.73. The maximum Gasteiger partial charge on any atom is 0.417 e. The van der Waals surface area contributed by atoms with E-state index in [9.17, 15) is 13.2 Å². The second-order valence-electron chi connectivity index (χ2n) is 3.67. The molecule has 0 aliphatic heterocycles. The Morgan fingerprint density at radius 2 is 1.87 bits per heavy atom. The fourth-order valence-corrected chi connectivity index (χ4v) is 1.57. The topological polar surface area (TPSA) is 0 Å². The second kappa shape index (κ2) is 4.09. The molecule has 0 bridgehead atoms. The first kappa shape index (κ1) is 11.8. The van der Waals surface area contributed by atoms with Crippen molar-refractivity contribution in [1.82, 2.24) is 0 Å². The van der Waals surface area contributed by atoms with Gasteiger partial charge < -0.3 is 0 Å². The summed E-state index contributed by atoms with van der Waals surface area (Å²) in [6.07, 6.45) is -3.07. The van der Waals surface area contributed by atoms with Gasteiger partial charge in [0, 0.05) is 0 Å². The molecule has 0 atom stereocenters. The molecule has 0 radical (unpaired) electrons. The van der Waals surface area contributed by atoms with E-state index < -0.39 is 11.7 Å². The monoisotopic (exact) mass is 214 g/mol. The molecule has 0 nitrogen and oxygen atoms in total. The van der Waals surface area contributed by atoms with E-state index in [4.69, 9.17) is 0 Å². The lowest BCUT2D eigenvalue weighted by Crippen LogP contribution is -2.12. The standard InChI is InChI=1S/C12H13F3/c1-4-9-6-5-7-10(8(2)3)11(9)12(13,14)15/h4-8H,1H2,2-3H3. The number of hydrogen-bond donors (Lipinski definition) is 0. The summed E-state index contributed by atoms with van der Waals surface area (Å²) >= 11 is 0. The van der Waals surface area contributed by atoms with E-state index in [-0.39, 0.29) is 11.5 Å². The maximum absolute atomic E-state index is 12.8. The Morgan fingerprint density at radius 1 is 1.27 bits per heavy atom. The average molecular weight is 214 g/mol. The van der Waals surface area contributed by atoms with Gasteiger partial charge in [-0.05, 0) is 17.0 Å². The molecule has 0 spiro atoms. The highest BCUT2D eigenvalue weighted by molar-refractivity contribution is 5.56. The lowest BCUT2D eigenvalue weighted by Gasteiger charge is -2.17. The summed E-state index contributed by atoms with van der Waals surface area (Å²) in [6, 6.07) is 4.57. The first-order valence-corrected chi connectivity index (χ1v) is 4.70. The predicted molar refractivity (Wildman–Crippen MR) is 55.6 cm³/mol. The third kappa shape index (κ3) is 2.41. The smallest absolute Gasteiger partial charge is 0.166 e. The summed E-state index contributed by atoms with van der Waals surface area (Å²) in [5.74, 6) is -0.151. The molecule has 0 unspecified atom stereocenters. The fourth-order valence-electron chi connectivity index (χ4n) is 1.57. The summed E-state index contributed by atoms with van der Waals surface area (Å²) in [6.45, 7) is 6.90. The summed E-state index contributed by atoms with van der Waals surface area (Å²) in [4.78, 5) is 0. The molecule has 0 N–H and O–H groups in total. The Hall–Kier alpha value is -1.25. The van der Waals surface area contributed by atoms with Gasteiger partial charge in [0.25, 0.3) is 0 Å². The Bertz CT molecular complexity index is 362. The predicted octanol–water partition coefficient (Wildman–Crippen LogP) is 4.47. The van der Waals surface area contributed by atoms with Crippen LogP contribution < -0.4 is 0 Å². The van der Waals surface area contributed by atoms with Crippen molar-refractivity contribution in [2.24, 2.45) is 0 Å². The molecular weight excluding hydrogens is 201 g/mol. The van der Waals surface area contributed by atoms with E-state index in [1.807, 2.05) is 0 Å². The first-order valence-electron chi connectivity index (χ1n) is 4.70. The van der Waals surface area contributed by atoms with Crippen LogP contribution in [0.25, 0.3) is 6.08 Å². The van der Waals surface area contributed by atoms with Gasteiger partial charge in [0.05, 0.1) is 5.56 Å². The minimum atomic E-state index is -4.32. The third-order valence-corrected chi connectivity index (χ3v) is 2.25. The van der Waals surface area contributed by atoms with Crippen LogP contribution in [0, 0.1) is 0 Å². The van der Waals surface area contributed by atoms with E-state index >= 15 is 0 Å². The molecule has 0 saturated heterocycles. The molecule has 0 aliphatic rings. The lowest BCUT2D eigenvalue weighted by molar-refractivity contribution is -0.138. The summed E-state index contributed by atoms with van der Waals surface area (Å²) < 4.78 is 38.4. The number of halogens is 3. The van der Waals surface area contributed by atoms with Crippen molar-refractivity contribution in [2.45, 2.75) is 25.9 Å². The summed E-state index contributed by atoms with van der Waals surface area (Å²) in [7, 11) is 0. The molecule has 0 aromatic heterocycles. The van der Waals surface area contributed by atoms with Crippen molar-refractivity contribution in [3.8, 4) is 0 Å². The molecule has 0 amide bonds. The van der Waals surface area contributed by atoms with Crippen molar-refractivity contribution in [3.63, 3.8) is 0 Å². The molecule has 1 aromatic rings. The zero-order valence-corrected chi connectivity index (χ0v) is 8.73. The molecule has 1 aromatic carbocycles. The van der Waals surface area contributed by atoms with Crippen LogP contribution in [0.3, 0.4) is 0 Å². The molecule has 0 aliphatic carbocycles. The van der Waals surface area contributed by atoms with Gasteiger partial charge in [-0.25, -0.2) is 0 Å². The van der Waals surface area contributed by atoms with E-state index in [0.717, 1.165) is 0 Å². The van der Waals surface area contributed by atoms with Gasteiger partial charge in [-0.1, -0.05) is 44.7 Å². The van der Waals surface area contributed by atoms with Crippen molar-refractivity contribution >= 4 is 6.08 Å². The number of benzene rings is 1. The van der Waals surface area contributed by atoms with Crippen LogP contribution in [0.1, 0.15) is 36.5 Å². The summed E-state index contributed by atoms with van der Waals surface area (Å²) in [5, 5.41) is 0. The average Bonchev–Trinajstić information content (AvgIpc) is 2.15. The molecule has 1 rings (SSSR count). The quantitative estimate of drug-likeness (QED) is 0.681. The second-order valence-corrected chi connectivity index (χ2v) is 3.67. The minimum Gasteiger partial charge on any atom is -0.166 e. The van der Waals surface area contributed by atoms with E-state index in [2.05, 4.69) is 6.58 Å². The number of hydrogen-bond acceptors (Lipinski definition) is 0. The largest absolute Gasteiger partial charge is 0.417 e. The number of alkyl halides is 3. The molecular formula is C12H13F3. The highest BCUT2D eigenvalue weighted by atomic mass is 19.4. The zero-order chi connectivity index (χ0) is 11.6. The van der Waals surface area contributed by atoms with Crippen molar-refractivity contribution < 1.29 is 13.2 Å². The SMILES string of the molecule is C=Cc1cccc(C(C)C)c1C(F)(F)F. The van der Waals surface area contributed by atoms with Crippen LogP contribution in [0.2, 0.25) is 0 Å². The normalized spacial score (nSPS) is 11.9. The molecule has 0 fully saturated rings. The van der Waals surface area contributed by atoms with Crippen LogP contribution in [0.5, 0.6) is 0 Å². The molecule has 3 heteroatoms. The molecule has 15 heavy (non-hydrogen) atoms. The highest BCUT2D eigenvalue weighted by Crippen LogP contribution is 2.37. The fraction of sp³-hybridized carbons (Fsp3) is 0.333. The molecule has 0 saturated carbocycles. The van der Waals surface area contributed by atoms with Gasteiger partial charge in [-0.2, -0.15) is 13.2 Å². The van der Waals surface area contributed by atoms with Gasteiger partial charge in [0.15, 0.2) is 0 Å². The van der Waals surface area contributed by atoms with Gasteiger partial charge in [-0.3, -0.25) is 0 Å². The van der Waals surface area contributed by atoms with Gasteiger partial charge in [0.1, 0.15) is 0 Å². The molecule has 0 heterocycles. The first-order chi connectivity index (χ1) is 6.88. The Kier molecular flexibility index (Phi) is 3.22. The lowest BCUT2D eigenvalue weighted by atomic mass is 9.93. The highest BCUT2D eigenvalue weighted by Gasteiger charge is 2.35. The van der Waals surface area contributed by atoms with E-state index in [1.54, 1.807) is 19.9 Å². The van der Waals surface area contributed by atoms with Crippen molar-refractivity contribution in [2.75, 3.05) is 0 Å². The van der Waals surface area contributed by atoms with E-state index in [1.165, 1.54) is 18.2 Å². The van der Waals surface area contributed by atoms with Gasteiger partial charge >= 0.3 is 6.18 Å². The van der Waals surface area contributed by atoms with Crippen LogP contribution in [0.15, 0.2) is 24.8 Å².